The lowest BCUT2D eigenvalue weighted by Crippen LogP contribution is -2.28. The Morgan fingerprint density at radius 2 is 2.17 bits per heavy atom. The molecule has 1 N–H and O–H groups in total. The first-order chi connectivity index (χ1) is 11.4. The fraction of sp³-hybridized carbons (Fsp3) is 0.353. The maximum absolute atomic E-state index is 12.6. The van der Waals surface area contributed by atoms with E-state index in [9.17, 15) is 9.59 Å². The highest BCUT2D eigenvalue weighted by Gasteiger charge is 2.19. The molecule has 0 saturated carbocycles. The largest absolute Gasteiger partial charge is 0.340 e. The summed E-state index contributed by atoms with van der Waals surface area (Å²) in [5.74, 6) is 0.0168. The molecule has 3 aromatic rings. The number of hydrogen-bond donors (Lipinski definition) is 1. The Hall–Kier alpha value is -2.41. The number of carbonyl (C=O) groups is 1. The van der Waals surface area contributed by atoms with Crippen molar-refractivity contribution in [2.75, 3.05) is 7.05 Å². The highest BCUT2D eigenvalue weighted by atomic mass is 32.1. The summed E-state index contributed by atoms with van der Waals surface area (Å²) in [5.41, 5.74) is 2.91. The van der Waals surface area contributed by atoms with Gasteiger partial charge in [0, 0.05) is 24.7 Å². The van der Waals surface area contributed by atoms with E-state index in [2.05, 4.69) is 10.1 Å². The number of pyridine rings is 1. The van der Waals surface area contributed by atoms with Crippen LogP contribution in [0.1, 0.15) is 21.7 Å². The van der Waals surface area contributed by atoms with Crippen LogP contribution in [0.15, 0.2) is 22.3 Å². The average molecular weight is 344 g/mol. The van der Waals surface area contributed by atoms with E-state index < -0.39 is 0 Å². The lowest BCUT2D eigenvalue weighted by atomic mass is 10.0. The number of rotatable bonds is 4. The Morgan fingerprint density at radius 1 is 1.42 bits per heavy atom. The summed E-state index contributed by atoms with van der Waals surface area (Å²) in [6.45, 7) is 4.36. The zero-order valence-electron chi connectivity index (χ0n) is 14.2. The number of hydrogen-bond acceptors (Lipinski definition) is 4. The Balaban J connectivity index is 1.90. The van der Waals surface area contributed by atoms with Gasteiger partial charge in [-0.3, -0.25) is 19.4 Å². The minimum atomic E-state index is -0.168. The molecule has 24 heavy (non-hydrogen) atoms. The third-order valence-corrected chi connectivity index (χ3v) is 5.16. The first-order valence-electron chi connectivity index (χ1n) is 7.69. The number of thiophene rings is 1. The van der Waals surface area contributed by atoms with Gasteiger partial charge in [0.05, 0.1) is 18.4 Å². The van der Waals surface area contributed by atoms with E-state index in [1.54, 1.807) is 35.0 Å². The fourth-order valence-corrected chi connectivity index (χ4v) is 3.68. The van der Waals surface area contributed by atoms with Crippen LogP contribution in [0.5, 0.6) is 0 Å². The highest BCUT2D eigenvalue weighted by molar-refractivity contribution is 7.09. The van der Waals surface area contributed by atoms with Gasteiger partial charge in [0.25, 0.3) is 5.56 Å². The van der Waals surface area contributed by atoms with Crippen LogP contribution in [0.3, 0.4) is 0 Å². The molecule has 3 rings (SSSR count). The van der Waals surface area contributed by atoms with E-state index >= 15 is 0 Å². The number of nitrogens with zero attached hydrogens (tertiary/aromatic N) is 3. The summed E-state index contributed by atoms with van der Waals surface area (Å²) in [6, 6.07) is 3.99. The predicted octanol–water partition coefficient (Wildman–Crippen LogP) is 2.14. The molecule has 3 heterocycles. The van der Waals surface area contributed by atoms with E-state index in [1.807, 2.05) is 31.4 Å². The number of aryl methyl sites for hydroxylation is 3. The summed E-state index contributed by atoms with van der Waals surface area (Å²) in [6.07, 6.45) is 0.247. The molecule has 1 amide bonds. The molecule has 0 spiro atoms. The van der Waals surface area contributed by atoms with Crippen LogP contribution in [0.2, 0.25) is 0 Å². The molecule has 0 fully saturated rings. The van der Waals surface area contributed by atoms with Gasteiger partial charge in [-0.15, -0.1) is 11.3 Å². The average Bonchev–Trinajstić information content (AvgIpc) is 3.11. The Kier molecular flexibility index (Phi) is 4.28. The lowest BCUT2D eigenvalue weighted by Gasteiger charge is -2.18. The van der Waals surface area contributed by atoms with Gasteiger partial charge in [0.2, 0.25) is 5.91 Å². The van der Waals surface area contributed by atoms with Crippen LogP contribution in [0, 0.1) is 13.8 Å². The molecule has 0 aromatic carbocycles. The van der Waals surface area contributed by atoms with Gasteiger partial charge >= 0.3 is 0 Å². The van der Waals surface area contributed by atoms with Gasteiger partial charge in [0.1, 0.15) is 0 Å². The summed E-state index contributed by atoms with van der Waals surface area (Å²) in [5, 5.41) is 5.28. The molecule has 0 radical (unpaired) electrons. The standard InChI is InChI=1S/C17H20N4O2S/c1-10-13(8-14(22)20(3)9-12-6-5-7-24-12)11(2)18-16-15(10)17(23)19-21(16)4/h5-7H,8-9H2,1-4H3,(H,19,23). The molecule has 0 aliphatic heterocycles. The second-order valence-electron chi connectivity index (χ2n) is 6.01. The van der Waals surface area contributed by atoms with E-state index in [0.29, 0.717) is 17.6 Å². The van der Waals surface area contributed by atoms with E-state index in [0.717, 1.165) is 21.7 Å². The van der Waals surface area contributed by atoms with Crippen molar-refractivity contribution in [2.45, 2.75) is 26.8 Å². The second-order valence-corrected chi connectivity index (χ2v) is 7.04. The molecule has 7 heteroatoms. The Labute approximate surface area is 143 Å². The van der Waals surface area contributed by atoms with Gasteiger partial charge < -0.3 is 4.90 Å². The number of H-pyrrole nitrogens is 1. The molecule has 0 atom stereocenters. The topological polar surface area (TPSA) is 71.0 Å². The van der Waals surface area contributed by atoms with E-state index in [4.69, 9.17) is 0 Å². The molecule has 6 nitrogen and oxygen atoms in total. The quantitative estimate of drug-likeness (QED) is 0.788. The minimum Gasteiger partial charge on any atom is -0.340 e. The molecule has 0 aliphatic carbocycles. The Morgan fingerprint density at radius 3 is 2.83 bits per heavy atom. The van der Waals surface area contributed by atoms with Crippen LogP contribution >= 0.6 is 11.3 Å². The summed E-state index contributed by atoms with van der Waals surface area (Å²) < 4.78 is 1.62. The molecule has 0 unspecified atom stereocenters. The van der Waals surface area contributed by atoms with Crippen molar-refractivity contribution < 1.29 is 4.79 Å². The van der Waals surface area contributed by atoms with Crippen LogP contribution in [-0.4, -0.2) is 32.6 Å². The summed E-state index contributed by atoms with van der Waals surface area (Å²) in [7, 11) is 3.56. The maximum Gasteiger partial charge on any atom is 0.273 e. The number of amides is 1. The molecule has 3 aromatic heterocycles. The van der Waals surface area contributed by atoms with Gasteiger partial charge in [-0.2, -0.15) is 0 Å². The number of likely N-dealkylation sites (N-methyl/N-ethyl adjacent to an activating group) is 1. The minimum absolute atomic E-state index is 0.0168. The molecular formula is C17H20N4O2S. The molecule has 126 valence electrons. The predicted molar refractivity (Wildman–Crippen MR) is 95.3 cm³/mol. The first-order valence-corrected chi connectivity index (χ1v) is 8.57. The third-order valence-electron chi connectivity index (χ3n) is 4.30. The number of aromatic nitrogens is 3. The van der Waals surface area contributed by atoms with Crippen LogP contribution < -0.4 is 5.56 Å². The molecule has 0 saturated heterocycles. The van der Waals surface area contributed by atoms with Crippen molar-refractivity contribution in [2.24, 2.45) is 7.05 Å². The number of fused-ring (bicyclic) bond motifs is 1. The van der Waals surface area contributed by atoms with Crippen molar-refractivity contribution in [3.8, 4) is 0 Å². The number of carbonyl (C=O) groups excluding carboxylic acids is 1. The van der Waals surface area contributed by atoms with E-state index in [1.165, 1.54) is 0 Å². The van der Waals surface area contributed by atoms with Crippen molar-refractivity contribution in [3.05, 3.63) is 49.6 Å². The second kappa shape index (κ2) is 6.24. The van der Waals surface area contributed by atoms with Crippen LogP contribution in [-0.2, 0) is 24.8 Å². The highest BCUT2D eigenvalue weighted by Crippen LogP contribution is 2.21. The fourth-order valence-electron chi connectivity index (χ4n) is 2.92. The van der Waals surface area contributed by atoms with Crippen molar-refractivity contribution >= 4 is 28.3 Å². The third kappa shape index (κ3) is 2.87. The Bertz CT molecular complexity index is 953. The van der Waals surface area contributed by atoms with Gasteiger partial charge in [-0.1, -0.05) is 6.07 Å². The zero-order valence-corrected chi connectivity index (χ0v) is 15.0. The number of aromatic amines is 1. The normalized spacial score (nSPS) is 11.2. The van der Waals surface area contributed by atoms with Crippen LogP contribution in [0.4, 0.5) is 0 Å². The summed E-state index contributed by atoms with van der Waals surface area (Å²) >= 11 is 1.63. The van der Waals surface area contributed by atoms with E-state index in [-0.39, 0.29) is 17.9 Å². The van der Waals surface area contributed by atoms with Gasteiger partial charge in [0.15, 0.2) is 5.65 Å². The number of nitrogens with one attached hydrogen (secondary N) is 1. The van der Waals surface area contributed by atoms with Gasteiger partial charge in [-0.25, -0.2) is 4.98 Å². The summed E-state index contributed by atoms with van der Waals surface area (Å²) in [4.78, 5) is 32.1. The zero-order chi connectivity index (χ0) is 17.4. The van der Waals surface area contributed by atoms with Crippen molar-refractivity contribution in [1.29, 1.82) is 0 Å². The monoisotopic (exact) mass is 344 g/mol. The first kappa shape index (κ1) is 16.4. The van der Waals surface area contributed by atoms with Crippen molar-refractivity contribution in [1.82, 2.24) is 19.7 Å². The SMILES string of the molecule is Cc1nc2c(c(C)c1CC(=O)N(C)Cc1cccs1)c(=O)[nH]n2C. The van der Waals surface area contributed by atoms with Crippen LogP contribution in [0.25, 0.3) is 11.0 Å². The smallest absolute Gasteiger partial charge is 0.273 e. The molecule has 0 aliphatic rings. The van der Waals surface area contributed by atoms with Gasteiger partial charge in [-0.05, 0) is 36.4 Å². The lowest BCUT2D eigenvalue weighted by molar-refractivity contribution is -0.129. The van der Waals surface area contributed by atoms with Crippen molar-refractivity contribution in [3.63, 3.8) is 0 Å². The maximum atomic E-state index is 12.6. The molecule has 0 bridgehead atoms. The molecular weight excluding hydrogens is 324 g/mol.